The fraction of sp³-hybridized carbons (Fsp3) is 0.846. The Bertz CT molecular complexity index is 315. The van der Waals surface area contributed by atoms with Crippen LogP contribution in [0, 0.1) is 11.8 Å². The van der Waals surface area contributed by atoms with Crippen molar-refractivity contribution < 1.29 is 23.8 Å². The molecule has 5 nitrogen and oxygen atoms in total. The highest BCUT2D eigenvalue weighted by Gasteiger charge is 2.44. The molecule has 1 aliphatic rings. The van der Waals surface area contributed by atoms with Gasteiger partial charge in [-0.25, -0.2) is 0 Å². The summed E-state index contributed by atoms with van der Waals surface area (Å²) >= 11 is 0. The third kappa shape index (κ3) is 3.45. The van der Waals surface area contributed by atoms with E-state index in [4.69, 9.17) is 14.2 Å². The molecule has 5 atom stereocenters. The molecule has 0 amide bonds. The maximum atomic E-state index is 11.1. The Labute approximate surface area is 108 Å². The third-order valence-electron chi connectivity index (χ3n) is 3.50. The molecule has 0 N–H and O–H groups in total. The summed E-state index contributed by atoms with van der Waals surface area (Å²) in [5.74, 6) is -0.508. The first-order chi connectivity index (χ1) is 8.36. The van der Waals surface area contributed by atoms with Crippen molar-refractivity contribution in [2.24, 2.45) is 11.8 Å². The normalized spacial score (nSPS) is 35.9. The topological polar surface area (TPSA) is 61.8 Å². The van der Waals surface area contributed by atoms with Gasteiger partial charge in [0.05, 0.1) is 6.10 Å². The molecule has 0 radical (unpaired) electrons. The lowest BCUT2D eigenvalue weighted by molar-refractivity contribution is -0.266. The van der Waals surface area contributed by atoms with Gasteiger partial charge in [-0.2, -0.15) is 0 Å². The highest BCUT2D eigenvalue weighted by molar-refractivity contribution is 5.67. The quantitative estimate of drug-likeness (QED) is 0.723. The lowest BCUT2D eigenvalue weighted by Crippen LogP contribution is -2.52. The predicted octanol–water partition coefficient (Wildman–Crippen LogP) is 1.89. The fourth-order valence-electron chi connectivity index (χ4n) is 2.34. The Morgan fingerprint density at radius 3 is 2.06 bits per heavy atom. The number of ether oxygens (including phenoxy) is 3. The third-order valence-corrected chi connectivity index (χ3v) is 3.50. The predicted molar refractivity (Wildman–Crippen MR) is 64.6 cm³/mol. The molecule has 0 bridgehead atoms. The minimum Gasteiger partial charge on any atom is -0.456 e. The maximum absolute atomic E-state index is 11.1. The van der Waals surface area contributed by atoms with E-state index >= 15 is 0 Å². The van der Waals surface area contributed by atoms with Crippen LogP contribution in [0.5, 0.6) is 0 Å². The molecule has 18 heavy (non-hydrogen) atoms. The van der Waals surface area contributed by atoms with Gasteiger partial charge >= 0.3 is 11.9 Å². The first-order valence-corrected chi connectivity index (χ1v) is 6.36. The molecule has 2 unspecified atom stereocenters. The molecule has 0 aliphatic carbocycles. The number of hydrogen-bond acceptors (Lipinski definition) is 5. The lowest BCUT2D eigenvalue weighted by Gasteiger charge is -2.43. The molecule has 1 saturated heterocycles. The number of rotatable bonds is 3. The van der Waals surface area contributed by atoms with Crippen molar-refractivity contribution in [3.63, 3.8) is 0 Å². The van der Waals surface area contributed by atoms with Crippen molar-refractivity contribution in [2.45, 2.75) is 59.5 Å². The second-order valence-electron chi connectivity index (χ2n) is 4.85. The van der Waals surface area contributed by atoms with E-state index in [1.165, 1.54) is 13.8 Å². The van der Waals surface area contributed by atoms with Gasteiger partial charge in [-0.1, -0.05) is 20.8 Å². The van der Waals surface area contributed by atoms with Gasteiger partial charge in [0.25, 0.3) is 0 Å². The van der Waals surface area contributed by atoms with Crippen LogP contribution in [-0.4, -0.2) is 30.4 Å². The zero-order valence-corrected chi connectivity index (χ0v) is 11.6. The van der Waals surface area contributed by atoms with E-state index in [0.717, 1.165) is 6.42 Å². The minimum absolute atomic E-state index is 0.0103. The molecular weight excluding hydrogens is 236 g/mol. The van der Waals surface area contributed by atoms with E-state index in [2.05, 4.69) is 6.92 Å². The van der Waals surface area contributed by atoms with Crippen LogP contribution >= 0.6 is 0 Å². The van der Waals surface area contributed by atoms with Crippen LogP contribution < -0.4 is 0 Å². The first-order valence-electron chi connectivity index (χ1n) is 6.36. The van der Waals surface area contributed by atoms with Crippen molar-refractivity contribution in [3.05, 3.63) is 0 Å². The molecule has 0 spiro atoms. The summed E-state index contributed by atoms with van der Waals surface area (Å²) in [5.41, 5.74) is 0. The van der Waals surface area contributed by atoms with Gasteiger partial charge in [-0.05, 0) is 12.3 Å². The van der Waals surface area contributed by atoms with E-state index in [-0.39, 0.29) is 17.9 Å². The van der Waals surface area contributed by atoms with Crippen LogP contribution in [0.1, 0.15) is 41.0 Å². The van der Waals surface area contributed by atoms with E-state index in [1.807, 2.05) is 13.8 Å². The molecule has 1 heterocycles. The van der Waals surface area contributed by atoms with Gasteiger partial charge in [0.15, 0.2) is 6.10 Å². The summed E-state index contributed by atoms with van der Waals surface area (Å²) in [6, 6.07) is 0. The molecule has 0 aromatic heterocycles. The Hall–Kier alpha value is -1.10. The van der Waals surface area contributed by atoms with E-state index < -0.39 is 24.3 Å². The average molecular weight is 258 g/mol. The lowest BCUT2D eigenvalue weighted by atomic mass is 9.82. The van der Waals surface area contributed by atoms with Gasteiger partial charge < -0.3 is 14.2 Å². The van der Waals surface area contributed by atoms with Crippen LogP contribution in [0.4, 0.5) is 0 Å². The van der Waals surface area contributed by atoms with Crippen molar-refractivity contribution in [1.29, 1.82) is 0 Å². The van der Waals surface area contributed by atoms with E-state index in [0.29, 0.717) is 0 Å². The van der Waals surface area contributed by atoms with Crippen molar-refractivity contribution >= 4 is 11.9 Å². The minimum atomic E-state index is -0.803. The van der Waals surface area contributed by atoms with Crippen LogP contribution in [0.2, 0.25) is 0 Å². The molecule has 1 fully saturated rings. The summed E-state index contributed by atoms with van der Waals surface area (Å²) < 4.78 is 16.1. The SMILES string of the molecule is CCC1O[C@H](OC(C)=O)C(OC(C)=O)[C@@H](C)[C@@H]1C. The van der Waals surface area contributed by atoms with E-state index in [9.17, 15) is 9.59 Å². The maximum Gasteiger partial charge on any atom is 0.305 e. The summed E-state index contributed by atoms with van der Waals surface area (Å²) in [7, 11) is 0. The van der Waals surface area contributed by atoms with Crippen LogP contribution in [-0.2, 0) is 23.8 Å². The number of carbonyl (C=O) groups excluding carboxylic acids is 2. The molecule has 1 rings (SSSR count). The smallest absolute Gasteiger partial charge is 0.305 e. The molecule has 0 saturated carbocycles. The second kappa shape index (κ2) is 6.18. The van der Waals surface area contributed by atoms with Crippen LogP contribution in [0.25, 0.3) is 0 Å². The summed E-state index contributed by atoms with van der Waals surface area (Å²) in [6.45, 7) is 8.72. The van der Waals surface area contributed by atoms with Gasteiger partial charge in [0.1, 0.15) is 0 Å². The second-order valence-corrected chi connectivity index (χ2v) is 4.85. The Kier molecular flexibility index (Phi) is 5.14. The Morgan fingerprint density at radius 1 is 1.06 bits per heavy atom. The molecule has 5 heteroatoms. The number of esters is 2. The van der Waals surface area contributed by atoms with E-state index in [1.54, 1.807) is 0 Å². The standard InChI is InChI=1S/C13H22O5/c1-6-11-7(2)8(3)12(16-9(4)14)13(18-11)17-10(5)15/h7-8,11-13H,6H2,1-5H3/t7-,8-,11?,12?,13-/m0/s1. The molecule has 104 valence electrons. The number of hydrogen-bond donors (Lipinski definition) is 0. The first kappa shape index (κ1) is 15.0. The summed E-state index contributed by atoms with van der Waals surface area (Å²) in [6.07, 6.45) is -0.501. The largest absolute Gasteiger partial charge is 0.456 e. The average Bonchev–Trinajstić information content (AvgIpc) is 2.27. The fourth-order valence-corrected chi connectivity index (χ4v) is 2.34. The van der Waals surface area contributed by atoms with Crippen molar-refractivity contribution in [1.82, 2.24) is 0 Å². The molecule has 1 aliphatic heterocycles. The Balaban J connectivity index is 2.86. The molecular formula is C13H22O5. The zero-order chi connectivity index (χ0) is 13.9. The van der Waals surface area contributed by atoms with Gasteiger partial charge in [0.2, 0.25) is 6.29 Å². The van der Waals surface area contributed by atoms with Crippen molar-refractivity contribution in [2.75, 3.05) is 0 Å². The summed E-state index contributed by atoms with van der Waals surface area (Å²) in [4.78, 5) is 22.2. The summed E-state index contributed by atoms with van der Waals surface area (Å²) in [5, 5.41) is 0. The van der Waals surface area contributed by atoms with Crippen LogP contribution in [0.3, 0.4) is 0 Å². The van der Waals surface area contributed by atoms with Gasteiger partial charge in [-0.3, -0.25) is 9.59 Å². The monoisotopic (exact) mass is 258 g/mol. The zero-order valence-electron chi connectivity index (χ0n) is 11.6. The Morgan fingerprint density at radius 2 is 1.61 bits per heavy atom. The molecule has 0 aromatic carbocycles. The highest BCUT2D eigenvalue weighted by Crippen LogP contribution is 2.34. The van der Waals surface area contributed by atoms with Crippen molar-refractivity contribution in [3.8, 4) is 0 Å². The van der Waals surface area contributed by atoms with Gasteiger partial charge in [-0.15, -0.1) is 0 Å². The number of carbonyl (C=O) groups is 2. The van der Waals surface area contributed by atoms with Crippen LogP contribution in [0.15, 0.2) is 0 Å². The molecule has 0 aromatic rings. The van der Waals surface area contributed by atoms with Gasteiger partial charge in [0, 0.05) is 19.8 Å². The highest BCUT2D eigenvalue weighted by atomic mass is 16.7.